The first-order valence-corrected chi connectivity index (χ1v) is 21.2. The second-order valence-electron chi connectivity index (χ2n) is 17.9. The first kappa shape index (κ1) is 40.6. The van der Waals surface area contributed by atoms with E-state index in [0.717, 1.165) is 96.7 Å². The molecular formula is C43H71FO8. The molecule has 0 aromatic carbocycles. The summed E-state index contributed by atoms with van der Waals surface area (Å²) < 4.78 is 59.1. The summed E-state index contributed by atoms with van der Waals surface area (Å²) in [6, 6.07) is 0. The van der Waals surface area contributed by atoms with Crippen LogP contribution in [0.2, 0.25) is 0 Å². The van der Waals surface area contributed by atoms with E-state index >= 15 is 4.39 Å². The molecular weight excluding hydrogens is 663 g/mol. The Labute approximate surface area is 313 Å². The first-order valence-electron chi connectivity index (χ1n) is 21.2. The molecule has 6 aliphatic rings. The number of fused-ring (bicyclic) bond motifs is 5. The number of hydrogen-bond donors (Lipinski definition) is 0. The quantitative estimate of drug-likeness (QED) is 0.0936. The van der Waals surface area contributed by atoms with E-state index in [0.29, 0.717) is 37.4 Å². The third-order valence-corrected chi connectivity index (χ3v) is 14.6. The Morgan fingerprint density at radius 3 is 2.31 bits per heavy atom. The zero-order chi connectivity index (χ0) is 37.1. The number of rotatable bonds is 15. The van der Waals surface area contributed by atoms with Crippen LogP contribution in [0.3, 0.4) is 0 Å². The van der Waals surface area contributed by atoms with Crippen molar-refractivity contribution in [1.82, 2.24) is 0 Å². The van der Waals surface area contributed by atoms with E-state index in [4.69, 9.17) is 33.2 Å². The number of carbonyl (C=O) groups excluding carboxylic acids is 1. The van der Waals surface area contributed by atoms with Gasteiger partial charge in [-0.15, -0.1) is 0 Å². The summed E-state index contributed by atoms with van der Waals surface area (Å²) >= 11 is 0. The molecule has 2 heterocycles. The molecule has 52 heavy (non-hydrogen) atoms. The van der Waals surface area contributed by atoms with Crippen LogP contribution in [0.5, 0.6) is 0 Å². The van der Waals surface area contributed by atoms with Gasteiger partial charge in [0.05, 0.1) is 30.3 Å². The van der Waals surface area contributed by atoms with Gasteiger partial charge in [-0.25, -0.2) is 4.39 Å². The molecule has 4 aliphatic carbocycles. The summed E-state index contributed by atoms with van der Waals surface area (Å²) in [5, 5.41) is 0. The topological polar surface area (TPSA) is 81.7 Å². The smallest absolute Gasteiger partial charge is 0.309 e. The maximum Gasteiger partial charge on any atom is 0.309 e. The predicted octanol–water partition coefficient (Wildman–Crippen LogP) is 9.47. The Kier molecular flexibility index (Phi) is 13.5. The highest BCUT2D eigenvalue weighted by molar-refractivity contribution is 5.73. The Morgan fingerprint density at radius 1 is 0.942 bits per heavy atom. The van der Waals surface area contributed by atoms with E-state index in [-0.39, 0.29) is 59.8 Å². The van der Waals surface area contributed by atoms with Gasteiger partial charge >= 0.3 is 5.97 Å². The lowest BCUT2D eigenvalue weighted by Crippen LogP contribution is -2.57. The van der Waals surface area contributed by atoms with Crippen molar-refractivity contribution in [3.05, 3.63) is 11.6 Å². The van der Waals surface area contributed by atoms with Gasteiger partial charge in [-0.3, -0.25) is 4.79 Å². The number of esters is 1. The van der Waals surface area contributed by atoms with Crippen molar-refractivity contribution < 1.29 is 42.3 Å². The molecule has 0 N–H and O–H groups in total. The van der Waals surface area contributed by atoms with Crippen LogP contribution in [0.4, 0.5) is 4.39 Å². The van der Waals surface area contributed by atoms with Crippen LogP contribution in [0.25, 0.3) is 0 Å². The lowest BCUT2D eigenvalue weighted by molar-refractivity contribution is -0.248. The van der Waals surface area contributed by atoms with Gasteiger partial charge in [-0.05, 0) is 154 Å². The molecule has 0 spiro atoms. The van der Waals surface area contributed by atoms with Crippen LogP contribution in [0.1, 0.15) is 145 Å². The number of alkyl halides is 1. The van der Waals surface area contributed by atoms with E-state index in [1.807, 2.05) is 20.8 Å². The molecule has 0 bridgehead atoms. The average molecular weight is 735 g/mol. The average Bonchev–Trinajstić information content (AvgIpc) is 3.46. The van der Waals surface area contributed by atoms with Crippen LogP contribution in [-0.4, -0.2) is 75.2 Å². The van der Waals surface area contributed by atoms with Crippen LogP contribution in [-0.2, 0) is 38.0 Å². The zero-order valence-corrected chi connectivity index (χ0v) is 33.5. The second-order valence-corrected chi connectivity index (χ2v) is 17.9. The third kappa shape index (κ3) is 8.50. The SMILES string of the molecule is CCOC(=O)[C@H](CC[C@@H](F)C(C)(C)OC(C)OCC)[C@H]1CC[C@H]2[C@@H]3CC=C4C[C@@H](OC5CCCCO5)C[C@H](OC5CCCCO5)[C@]4(C)[C@H]3CC[C@]12C. The highest BCUT2D eigenvalue weighted by atomic mass is 19.1. The van der Waals surface area contributed by atoms with Gasteiger partial charge in [-0.2, -0.15) is 0 Å². The molecule has 3 saturated carbocycles. The molecule has 298 valence electrons. The summed E-state index contributed by atoms with van der Waals surface area (Å²) in [7, 11) is 0. The fourth-order valence-corrected chi connectivity index (χ4v) is 11.9. The third-order valence-electron chi connectivity index (χ3n) is 14.6. The van der Waals surface area contributed by atoms with Gasteiger partial charge in [0.15, 0.2) is 18.9 Å². The molecule has 6 rings (SSSR count). The molecule has 0 aromatic heterocycles. The van der Waals surface area contributed by atoms with Gasteiger partial charge < -0.3 is 33.2 Å². The fourth-order valence-electron chi connectivity index (χ4n) is 11.9. The Hall–Kier alpha value is -1.10. The van der Waals surface area contributed by atoms with E-state index in [1.165, 1.54) is 5.57 Å². The molecule has 5 fully saturated rings. The number of hydrogen-bond acceptors (Lipinski definition) is 8. The van der Waals surface area contributed by atoms with E-state index in [9.17, 15) is 4.79 Å². The Morgan fingerprint density at radius 2 is 1.65 bits per heavy atom. The molecule has 0 aromatic rings. The molecule has 13 atom stereocenters. The largest absolute Gasteiger partial charge is 0.466 e. The van der Waals surface area contributed by atoms with Crippen LogP contribution in [0, 0.1) is 40.4 Å². The number of halogens is 1. The zero-order valence-electron chi connectivity index (χ0n) is 33.5. The van der Waals surface area contributed by atoms with Gasteiger partial charge in [0, 0.05) is 31.7 Å². The summed E-state index contributed by atoms with van der Waals surface area (Å²) in [5.74, 6) is 1.17. The molecule has 0 amide bonds. The first-order chi connectivity index (χ1) is 24.9. The van der Waals surface area contributed by atoms with Crippen molar-refractivity contribution in [3.63, 3.8) is 0 Å². The van der Waals surface area contributed by atoms with E-state index in [2.05, 4.69) is 19.9 Å². The second kappa shape index (κ2) is 17.4. The minimum absolute atomic E-state index is 0.0108. The van der Waals surface area contributed by atoms with Crippen molar-refractivity contribution in [2.24, 2.45) is 40.4 Å². The minimum Gasteiger partial charge on any atom is -0.466 e. The molecule has 2 saturated heterocycles. The molecule has 2 aliphatic heterocycles. The lowest BCUT2D eigenvalue weighted by Gasteiger charge is -2.60. The van der Waals surface area contributed by atoms with E-state index < -0.39 is 18.1 Å². The normalized spacial score (nSPS) is 39.7. The van der Waals surface area contributed by atoms with Gasteiger partial charge in [-0.1, -0.05) is 25.5 Å². The van der Waals surface area contributed by atoms with Gasteiger partial charge in [0.25, 0.3) is 0 Å². The molecule has 8 nitrogen and oxygen atoms in total. The Bertz CT molecular complexity index is 1200. The number of carbonyl (C=O) groups is 1. The maximum atomic E-state index is 15.9. The minimum atomic E-state index is -1.23. The van der Waals surface area contributed by atoms with Crippen molar-refractivity contribution in [2.75, 3.05) is 26.4 Å². The van der Waals surface area contributed by atoms with Crippen LogP contribution < -0.4 is 0 Å². The standard InChI is InChI=1S/C43H71FO8/c1-8-46-28(3)52-41(4,5)36(44)21-18-32(40(45)47-9-2)34-20-19-33-31-17-16-29-26-30(50-38-14-10-12-24-48-38)27-37(51-39-15-11-13-25-49-39)43(29,7)35(31)22-23-42(33,34)6/h16,28,30-39H,8-15,17-27H2,1-7H3/t28?,30-,31+,32-,33+,34-,35+,36-,37+,38?,39?,42+,43+/m1/s1. The maximum absolute atomic E-state index is 15.9. The lowest BCUT2D eigenvalue weighted by atomic mass is 9.46. The molecule has 0 radical (unpaired) electrons. The summed E-state index contributed by atoms with van der Waals surface area (Å²) in [6.07, 6.45) is 14.9. The van der Waals surface area contributed by atoms with Crippen LogP contribution in [0.15, 0.2) is 11.6 Å². The Balaban J connectivity index is 1.20. The summed E-state index contributed by atoms with van der Waals surface area (Å²) in [6.45, 7) is 16.5. The fraction of sp³-hybridized carbons (Fsp3) is 0.930. The van der Waals surface area contributed by atoms with Crippen molar-refractivity contribution in [1.29, 1.82) is 0 Å². The van der Waals surface area contributed by atoms with E-state index in [1.54, 1.807) is 13.8 Å². The van der Waals surface area contributed by atoms with Crippen molar-refractivity contribution in [3.8, 4) is 0 Å². The van der Waals surface area contributed by atoms with Crippen LogP contribution >= 0.6 is 0 Å². The van der Waals surface area contributed by atoms with Gasteiger partial charge in [0.1, 0.15) is 6.17 Å². The molecule has 3 unspecified atom stereocenters. The summed E-state index contributed by atoms with van der Waals surface area (Å²) in [4.78, 5) is 13.7. The summed E-state index contributed by atoms with van der Waals surface area (Å²) in [5.41, 5.74) is 0.373. The van der Waals surface area contributed by atoms with Crippen molar-refractivity contribution >= 4 is 5.97 Å². The number of allylic oxidation sites excluding steroid dienone is 1. The highest BCUT2D eigenvalue weighted by Gasteiger charge is 2.62. The highest BCUT2D eigenvalue weighted by Crippen LogP contribution is 2.68. The monoisotopic (exact) mass is 735 g/mol. The number of ether oxygens (including phenoxy) is 7. The van der Waals surface area contributed by atoms with Gasteiger partial charge in [0.2, 0.25) is 0 Å². The molecule has 9 heteroatoms. The predicted molar refractivity (Wildman–Crippen MR) is 198 cm³/mol. The van der Waals surface area contributed by atoms with Crippen molar-refractivity contribution in [2.45, 2.75) is 188 Å².